The first kappa shape index (κ1) is 14.1. The SMILES string of the molecule is CCOc1cc(-c2nc(N)cc(C(C)C)n2)ccc1O. The molecule has 0 aliphatic carbocycles. The summed E-state index contributed by atoms with van der Waals surface area (Å²) in [6, 6.07) is 6.81. The Hall–Kier alpha value is -2.30. The summed E-state index contributed by atoms with van der Waals surface area (Å²) in [6.45, 7) is 6.44. The lowest BCUT2D eigenvalue weighted by atomic mass is 10.1. The van der Waals surface area contributed by atoms with Crippen molar-refractivity contribution in [2.24, 2.45) is 0 Å². The monoisotopic (exact) mass is 273 g/mol. The number of rotatable bonds is 4. The van der Waals surface area contributed by atoms with Crippen molar-refractivity contribution in [1.29, 1.82) is 0 Å². The quantitative estimate of drug-likeness (QED) is 0.895. The summed E-state index contributed by atoms with van der Waals surface area (Å²) in [4.78, 5) is 8.75. The lowest BCUT2D eigenvalue weighted by molar-refractivity contribution is 0.318. The number of benzene rings is 1. The molecule has 0 saturated heterocycles. The molecule has 1 aromatic carbocycles. The van der Waals surface area contributed by atoms with E-state index in [-0.39, 0.29) is 11.7 Å². The lowest BCUT2D eigenvalue weighted by Crippen LogP contribution is -2.02. The summed E-state index contributed by atoms with van der Waals surface area (Å²) in [5.41, 5.74) is 7.48. The first-order chi connectivity index (χ1) is 9.51. The normalized spacial score (nSPS) is 10.8. The lowest BCUT2D eigenvalue weighted by Gasteiger charge is -2.10. The third-order valence-electron chi connectivity index (χ3n) is 2.88. The van der Waals surface area contributed by atoms with Crippen LogP contribution in [0.25, 0.3) is 11.4 Å². The van der Waals surface area contributed by atoms with Crippen molar-refractivity contribution in [1.82, 2.24) is 9.97 Å². The van der Waals surface area contributed by atoms with Crippen molar-refractivity contribution >= 4 is 5.82 Å². The zero-order chi connectivity index (χ0) is 14.7. The number of aromatic hydroxyl groups is 1. The van der Waals surface area contributed by atoms with E-state index in [9.17, 15) is 5.11 Å². The van der Waals surface area contributed by atoms with Gasteiger partial charge in [-0.15, -0.1) is 0 Å². The molecule has 2 rings (SSSR count). The maximum absolute atomic E-state index is 9.72. The molecular weight excluding hydrogens is 254 g/mol. The van der Waals surface area contributed by atoms with Gasteiger partial charge in [0, 0.05) is 17.3 Å². The van der Waals surface area contributed by atoms with Crippen LogP contribution in [0.2, 0.25) is 0 Å². The van der Waals surface area contributed by atoms with E-state index >= 15 is 0 Å². The summed E-state index contributed by atoms with van der Waals surface area (Å²) in [5, 5.41) is 9.72. The van der Waals surface area contributed by atoms with Gasteiger partial charge in [-0.05, 0) is 31.0 Å². The Kier molecular flexibility index (Phi) is 4.08. The van der Waals surface area contributed by atoms with E-state index in [1.807, 2.05) is 20.8 Å². The molecule has 0 amide bonds. The Balaban J connectivity index is 2.48. The molecule has 0 aliphatic rings. The van der Waals surface area contributed by atoms with E-state index in [0.717, 1.165) is 11.3 Å². The minimum absolute atomic E-state index is 0.101. The Morgan fingerprint density at radius 1 is 1.25 bits per heavy atom. The van der Waals surface area contributed by atoms with Crippen molar-refractivity contribution in [3.63, 3.8) is 0 Å². The fraction of sp³-hybridized carbons (Fsp3) is 0.333. The van der Waals surface area contributed by atoms with Gasteiger partial charge in [0.1, 0.15) is 5.82 Å². The fourth-order valence-corrected chi connectivity index (χ4v) is 1.83. The number of phenolic OH excluding ortho intramolecular Hbond substituents is 1. The van der Waals surface area contributed by atoms with Crippen LogP contribution in [0.5, 0.6) is 11.5 Å². The van der Waals surface area contributed by atoms with Crippen LogP contribution in [0.1, 0.15) is 32.4 Å². The molecule has 0 bridgehead atoms. The summed E-state index contributed by atoms with van der Waals surface area (Å²) in [7, 11) is 0. The summed E-state index contributed by atoms with van der Waals surface area (Å²) < 4.78 is 5.37. The van der Waals surface area contributed by atoms with Crippen LogP contribution in [0.15, 0.2) is 24.3 Å². The van der Waals surface area contributed by atoms with Gasteiger partial charge in [-0.1, -0.05) is 13.8 Å². The topological polar surface area (TPSA) is 81.3 Å². The predicted molar refractivity (Wildman–Crippen MR) is 78.8 cm³/mol. The van der Waals surface area contributed by atoms with E-state index < -0.39 is 0 Å². The Bertz CT molecular complexity index is 612. The van der Waals surface area contributed by atoms with Gasteiger partial charge in [-0.2, -0.15) is 0 Å². The number of anilines is 1. The number of ether oxygens (including phenoxy) is 1. The molecule has 5 heteroatoms. The first-order valence-electron chi connectivity index (χ1n) is 6.62. The molecule has 20 heavy (non-hydrogen) atoms. The smallest absolute Gasteiger partial charge is 0.161 e. The minimum Gasteiger partial charge on any atom is -0.504 e. The van der Waals surface area contributed by atoms with Gasteiger partial charge in [0.25, 0.3) is 0 Å². The molecule has 5 nitrogen and oxygen atoms in total. The van der Waals surface area contributed by atoms with Gasteiger partial charge >= 0.3 is 0 Å². The van der Waals surface area contributed by atoms with Gasteiger partial charge in [0.2, 0.25) is 0 Å². The molecule has 106 valence electrons. The second-order valence-corrected chi connectivity index (χ2v) is 4.81. The van der Waals surface area contributed by atoms with Crippen molar-refractivity contribution in [3.8, 4) is 22.9 Å². The molecule has 0 radical (unpaired) electrons. The number of aromatic nitrogens is 2. The summed E-state index contributed by atoms with van der Waals surface area (Å²) in [6.07, 6.45) is 0. The average molecular weight is 273 g/mol. The molecule has 0 unspecified atom stereocenters. The molecule has 0 saturated carbocycles. The third-order valence-corrected chi connectivity index (χ3v) is 2.88. The fourth-order valence-electron chi connectivity index (χ4n) is 1.83. The van der Waals surface area contributed by atoms with Crippen molar-refractivity contribution in [2.45, 2.75) is 26.7 Å². The van der Waals surface area contributed by atoms with Crippen LogP contribution in [0.4, 0.5) is 5.82 Å². The van der Waals surface area contributed by atoms with E-state index in [0.29, 0.717) is 24.0 Å². The molecule has 0 spiro atoms. The Labute approximate surface area is 118 Å². The predicted octanol–water partition coefficient (Wildman–Crippen LogP) is 2.95. The van der Waals surface area contributed by atoms with E-state index in [2.05, 4.69) is 9.97 Å². The van der Waals surface area contributed by atoms with Gasteiger partial charge in [0.05, 0.1) is 6.61 Å². The molecule has 0 atom stereocenters. The van der Waals surface area contributed by atoms with Crippen LogP contribution >= 0.6 is 0 Å². The average Bonchev–Trinajstić information content (AvgIpc) is 2.40. The van der Waals surface area contributed by atoms with Gasteiger partial charge in [0.15, 0.2) is 17.3 Å². The van der Waals surface area contributed by atoms with Gasteiger partial charge < -0.3 is 15.6 Å². The zero-order valence-electron chi connectivity index (χ0n) is 11.9. The van der Waals surface area contributed by atoms with Gasteiger partial charge in [-0.3, -0.25) is 0 Å². The standard InChI is InChI=1S/C15H19N3O2/c1-4-20-13-7-10(5-6-12(13)19)15-17-11(9(2)3)8-14(16)18-15/h5-9,19H,4H2,1-3H3,(H2,16,17,18). The molecule has 2 aromatic rings. The highest BCUT2D eigenvalue weighted by molar-refractivity contribution is 5.62. The first-order valence-corrected chi connectivity index (χ1v) is 6.62. The molecule has 0 aliphatic heterocycles. The Morgan fingerprint density at radius 3 is 2.65 bits per heavy atom. The number of hydrogen-bond donors (Lipinski definition) is 2. The van der Waals surface area contributed by atoms with Crippen molar-refractivity contribution < 1.29 is 9.84 Å². The number of nitrogens with two attached hydrogens (primary N) is 1. The van der Waals surface area contributed by atoms with Crippen LogP contribution in [-0.4, -0.2) is 21.7 Å². The van der Waals surface area contributed by atoms with Crippen molar-refractivity contribution in [3.05, 3.63) is 30.0 Å². The largest absolute Gasteiger partial charge is 0.504 e. The number of nitrogen functional groups attached to an aromatic ring is 1. The summed E-state index contributed by atoms with van der Waals surface area (Å²) >= 11 is 0. The maximum atomic E-state index is 9.72. The second-order valence-electron chi connectivity index (χ2n) is 4.81. The van der Waals surface area contributed by atoms with E-state index in [4.69, 9.17) is 10.5 Å². The van der Waals surface area contributed by atoms with Crippen LogP contribution in [0, 0.1) is 0 Å². The molecular formula is C15H19N3O2. The minimum atomic E-state index is 0.101. The molecule has 1 aromatic heterocycles. The highest BCUT2D eigenvalue weighted by Gasteiger charge is 2.11. The maximum Gasteiger partial charge on any atom is 0.161 e. The van der Waals surface area contributed by atoms with Crippen LogP contribution in [0.3, 0.4) is 0 Å². The second kappa shape index (κ2) is 5.77. The van der Waals surface area contributed by atoms with Crippen LogP contribution < -0.4 is 10.5 Å². The molecule has 1 heterocycles. The highest BCUT2D eigenvalue weighted by atomic mass is 16.5. The molecule has 3 N–H and O–H groups in total. The van der Waals surface area contributed by atoms with Gasteiger partial charge in [-0.25, -0.2) is 9.97 Å². The Morgan fingerprint density at radius 2 is 2.00 bits per heavy atom. The van der Waals surface area contributed by atoms with Crippen LogP contribution in [-0.2, 0) is 0 Å². The highest BCUT2D eigenvalue weighted by Crippen LogP contribution is 2.31. The van der Waals surface area contributed by atoms with Crippen molar-refractivity contribution in [2.75, 3.05) is 12.3 Å². The van der Waals surface area contributed by atoms with E-state index in [1.54, 1.807) is 24.3 Å². The number of phenols is 1. The number of hydrogen-bond acceptors (Lipinski definition) is 5. The zero-order valence-corrected chi connectivity index (χ0v) is 11.9. The third kappa shape index (κ3) is 2.99. The number of nitrogens with zero attached hydrogens (tertiary/aromatic N) is 2. The molecule has 0 fully saturated rings. The summed E-state index contributed by atoms with van der Waals surface area (Å²) in [5.74, 6) is 1.76. The van der Waals surface area contributed by atoms with E-state index in [1.165, 1.54) is 0 Å².